The topological polar surface area (TPSA) is 91.2 Å². The third-order valence-electron chi connectivity index (χ3n) is 5.88. The van der Waals surface area contributed by atoms with Crippen molar-refractivity contribution in [3.63, 3.8) is 0 Å². The Kier molecular flexibility index (Phi) is 5.05. The average Bonchev–Trinajstić information content (AvgIpc) is 3.32. The SMILES string of the molecule is C=CC(=O)N1CC[C@@H](Oc2c(C#N)cnc3[nH]cc(C4CCOCC4)c23)[C@H]1C. The summed E-state index contributed by atoms with van der Waals surface area (Å²) in [7, 11) is 0. The number of aromatic nitrogens is 2. The van der Waals surface area contributed by atoms with E-state index in [-0.39, 0.29) is 18.1 Å². The van der Waals surface area contributed by atoms with Gasteiger partial charge in [-0.3, -0.25) is 4.79 Å². The molecule has 4 heterocycles. The molecule has 2 aliphatic heterocycles. The number of hydrogen-bond acceptors (Lipinski definition) is 5. The van der Waals surface area contributed by atoms with E-state index in [9.17, 15) is 10.1 Å². The molecule has 2 aliphatic rings. The molecular weight excluding hydrogens is 356 g/mol. The highest BCUT2D eigenvalue weighted by atomic mass is 16.5. The van der Waals surface area contributed by atoms with E-state index >= 15 is 0 Å². The molecule has 2 fully saturated rings. The Morgan fingerprint density at radius 3 is 2.96 bits per heavy atom. The van der Waals surface area contributed by atoms with E-state index in [0.29, 0.717) is 30.2 Å². The Balaban J connectivity index is 1.71. The van der Waals surface area contributed by atoms with Gasteiger partial charge in [0.05, 0.1) is 17.6 Å². The number of likely N-dealkylation sites (tertiary alicyclic amines) is 1. The van der Waals surface area contributed by atoms with E-state index in [1.165, 1.54) is 6.08 Å². The van der Waals surface area contributed by atoms with Gasteiger partial charge in [0.25, 0.3) is 0 Å². The second kappa shape index (κ2) is 7.64. The standard InChI is InChI=1S/C21H24N4O3/c1-3-18(26)25-7-4-17(13(25)2)28-20-15(10-22)11-23-21-19(20)16(12-24-21)14-5-8-27-9-6-14/h3,11-14,17H,1,4-9H2,2H3,(H,23,24)/t13-,17-/m1/s1. The summed E-state index contributed by atoms with van der Waals surface area (Å²) in [5, 5.41) is 10.5. The first-order valence-electron chi connectivity index (χ1n) is 9.71. The predicted octanol–water partition coefficient (Wildman–Crippen LogP) is 2.88. The maximum atomic E-state index is 12.1. The van der Waals surface area contributed by atoms with Gasteiger partial charge in [0, 0.05) is 32.4 Å². The van der Waals surface area contributed by atoms with Crippen molar-refractivity contribution in [1.29, 1.82) is 5.26 Å². The Morgan fingerprint density at radius 2 is 2.25 bits per heavy atom. The van der Waals surface area contributed by atoms with Gasteiger partial charge in [0.15, 0.2) is 0 Å². The molecule has 2 saturated heterocycles. The van der Waals surface area contributed by atoms with Crippen molar-refractivity contribution in [2.24, 2.45) is 0 Å². The zero-order valence-corrected chi connectivity index (χ0v) is 16.0. The highest BCUT2D eigenvalue weighted by Crippen LogP contribution is 2.39. The molecule has 0 saturated carbocycles. The van der Waals surface area contributed by atoms with E-state index in [2.05, 4.69) is 22.6 Å². The minimum Gasteiger partial charge on any atom is -0.486 e. The molecule has 1 amide bonds. The number of aromatic amines is 1. The summed E-state index contributed by atoms with van der Waals surface area (Å²) in [5.74, 6) is 0.823. The fourth-order valence-electron chi connectivity index (χ4n) is 4.27. The van der Waals surface area contributed by atoms with Gasteiger partial charge in [-0.1, -0.05) is 6.58 Å². The summed E-state index contributed by atoms with van der Waals surface area (Å²) in [4.78, 5) is 21.5. The maximum Gasteiger partial charge on any atom is 0.246 e. The molecule has 0 aromatic carbocycles. The van der Waals surface area contributed by atoms with Crippen molar-refractivity contribution in [2.45, 2.75) is 44.2 Å². The van der Waals surface area contributed by atoms with Crippen LogP contribution in [0.1, 0.15) is 43.2 Å². The lowest BCUT2D eigenvalue weighted by Gasteiger charge is -2.25. The summed E-state index contributed by atoms with van der Waals surface area (Å²) >= 11 is 0. The van der Waals surface area contributed by atoms with E-state index in [1.54, 1.807) is 11.1 Å². The highest BCUT2D eigenvalue weighted by Gasteiger charge is 2.35. The van der Waals surface area contributed by atoms with Crippen molar-refractivity contribution in [2.75, 3.05) is 19.8 Å². The number of amides is 1. The summed E-state index contributed by atoms with van der Waals surface area (Å²) in [6, 6.07) is 2.13. The Bertz CT molecular complexity index is 939. The van der Waals surface area contributed by atoms with Crippen LogP contribution in [0.4, 0.5) is 0 Å². The average molecular weight is 380 g/mol. The van der Waals surface area contributed by atoms with Gasteiger partial charge in [-0.2, -0.15) is 5.26 Å². The van der Waals surface area contributed by atoms with Gasteiger partial charge in [-0.15, -0.1) is 0 Å². The normalized spacial score (nSPS) is 22.9. The number of nitriles is 1. The molecule has 146 valence electrons. The predicted molar refractivity (Wildman–Crippen MR) is 104 cm³/mol. The third kappa shape index (κ3) is 3.14. The number of hydrogen-bond donors (Lipinski definition) is 1. The summed E-state index contributed by atoms with van der Waals surface area (Å²) in [5.41, 5.74) is 2.27. The second-order valence-corrected chi connectivity index (χ2v) is 7.39. The maximum absolute atomic E-state index is 12.1. The first-order chi connectivity index (χ1) is 13.6. The number of H-pyrrole nitrogens is 1. The van der Waals surface area contributed by atoms with Gasteiger partial charge in [0.1, 0.15) is 29.1 Å². The molecule has 0 bridgehead atoms. The number of carbonyl (C=O) groups excluding carboxylic acids is 1. The van der Waals surface area contributed by atoms with Crippen LogP contribution in [0.2, 0.25) is 0 Å². The number of pyridine rings is 1. The van der Waals surface area contributed by atoms with E-state index in [0.717, 1.165) is 42.7 Å². The van der Waals surface area contributed by atoms with E-state index in [4.69, 9.17) is 9.47 Å². The monoisotopic (exact) mass is 380 g/mol. The first-order valence-corrected chi connectivity index (χ1v) is 9.71. The van der Waals surface area contributed by atoms with Crippen LogP contribution in [0.15, 0.2) is 25.0 Å². The summed E-state index contributed by atoms with van der Waals surface area (Å²) < 4.78 is 11.9. The second-order valence-electron chi connectivity index (χ2n) is 7.39. The quantitative estimate of drug-likeness (QED) is 0.824. The lowest BCUT2D eigenvalue weighted by atomic mass is 9.91. The summed E-state index contributed by atoms with van der Waals surface area (Å²) in [6.07, 6.45) is 7.27. The molecule has 0 spiro atoms. The smallest absolute Gasteiger partial charge is 0.246 e. The molecule has 2 atom stereocenters. The Labute approximate surface area is 163 Å². The Morgan fingerprint density at radius 1 is 1.46 bits per heavy atom. The molecule has 7 nitrogen and oxygen atoms in total. The van der Waals surface area contributed by atoms with Crippen molar-refractivity contribution in [3.8, 4) is 11.8 Å². The van der Waals surface area contributed by atoms with Gasteiger partial charge < -0.3 is 19.4 Å². The lowest BCUT2D eigenvalue weighted by molar-refractivity contribution is -0.127. The zero-order chi connectivity index (χ0) is 19.7. The largest absolute Gasteiger partial charge is 0.486 e. The number of rotatable bonds is 4. The Hall–Kier alpha value is -2.85. The van der Waals surface area contributed by atoms with Gasteiger partial charge >= 0.3 is 0 Å². The fraction of sp³-hybridized carbons (Fsp3) is 0.476. The highest BCUT2D eigenvalue weighted by molar-refractivity contribution is 5.89. The molecule has 0 radical (unpaired) electrons. The molecule has 0 aliphatic carbocycles. The van der Waals surface area contributed by atoms with Gasteiger partial charge in [-0.05, 0) is 37.3 Å². The van der Waals surface area contributed by atoms with Crippen molar-refractivity contribution < 1.29 is 14.3 Å². The molecule has 2 aromatic heterocycles. The van der Waals surface area contributed by atoms with Crippen molar-refractivity contribution in [3.05, 3.63) is 36.2 Å². The molecule has 28 heavy (non-hydrogen) atoms. The number of fused-ring (bicyclic) bond motifs is 1. The summed E-state index contributed by atoms with van der Waals surface area (Å²) in [6.45, 7) is 7.63. The zero-order valence-electron chi connectivity index (χ0n) is 16.0. The van der Waals surface area contributed by atoms with E-state index in [1.807, 2.05) is 13.1 Å². The molecule has 2 aromatic rings. The van der Waals surface area contributed by atoms with Crippen LogP contribution >= 0.6 is 0 Å². The van der Waals surface area contributed by atoms with E-state index < -0.39 is 0 Å². The third-order valence-corrected chi connectivity index (χ3v) is 5.88. The number of nitrogens with zero attached hydrogens (tertiary/aromatic N) is 3. The first kappa shape index (κ1) is 18.5. The molecule has 7 heteroatoms. The van der Waals surface area contributed by atoms with Crippen LogP contribution < -0.4 is 4.74 Å². The molecular formula is C21H24N4O3. The van der Waals surface area contributed by atoms with Crippen LogP contribution in [0, 0.1) is 11.3 Å². The minimum absolute atomic E-state index is 0.0919. The number of ether oxygens (including phenoxy) is 2. The van der Waals surface area contributed by atoms with Crippen LogP contribution in [-0.4, -0.2) is 52.7 Å². The minimum atomic E-state index is -0.181. The van der Waals surface area contributed by atoms with Gasteiger partial charge in [0.2, 0.25) is 5.91 Å². The number of nitrogens with one attached hydrogen (secondary N) is 1. The lowest BCUT2D eigenvalue weighted by Crippen LogP contribution is -2.38. The van der Waals surface area contributed by atoms with Crippen molar-refractivity contribution >= 4 is 16.9 Å². The van der Waals surface area contributed by atoms with Crippen molar-refractivity contribution in [1.82, 2.24) is 14.9 Å². The molecule has 0 unspecified atom stereocenters. The molecule has 4 rings (SSSR count). The van der Waals surface area contributed by atoms with Crippen LogP contribution in [0.5, 0.6) is 5.75 Å². The van der Waals surface area contributed by atoms with Gasteiger partial charge in [-0.25, -0.2) is 4.98 Å². The molecule has 1 N–H and O–H groups in total. The van der Waals surface area contributed by atoms with Crippen LogP contribution in [0.3, 0.4) is 0 Å². The number of carbonyl (C=O) groups is 1. The van der Waals surface area contributed by atoms with Crippen LogP contribution in [-0.2, 0) is 9.53 Å². The van der Waals surface area contributed by atoms with Crippen LogP contribution in [0.25, 0.3) is 11.0 Å². The fourth-order valence-corrected chi connectivity index (χ4v) is 4.27.